The normalized spacial score (nSPS) is 10.8. The molecule has 2 heterocycles. The molecule has 124 valence electrons. The fourth-order valence-electron chi connectivity index (χ4n) is 2.38. The van der Waals surface area contributed by atoms with E-state index in [1.807, 2.05) is 54.3 Å². The highest BCUT2D eigenvalue weighted by Gasteiger charge is 2.06. The van der Waals surface area contributed by atoms with Gasteiger partial charge in [0.1, 0.15) is 0 Å². The van der Waals surface area contributed by atoms with Gasteiger partial charge >= 0.3 is 0 Å². The Morgan fingerprint density at radius 1 is 1.29 bits per heavy atom. The highest BCUT2D eigenvalue weighted by molar-refractivity contribution is 9.10. The Labute approximate surface area is 148 Å². The van der Waals surface area contributed by atoms with E-state index in [1.54, 1.807) is 10.9 Å². The minimum absolute atomic E-state index is 0.0319. The summed E-state index contributed by atoms with van der Waals surface area (Å²) in [5, 5.41) is 11.4. The Balaban J connectivity index is 1.56. The van der Waals surface area contributed by atoms with Crippen LogP contribution in [0.4, 0.5) is 5.69 Å². The molecule has 0 radical (unpaired) electrons. The molecule has 0 aliphatic rings. The maximum absolute atomic E-state index is 12.1. The molecule has 0 unspecified atom stereocenters. The van der Waals surface area contributed by atoms with Gasteiger partial charge in [0.25, 0.3) is 0 Å². The van der Waals surface area contributed by atoms with Crippen LogP contribution in [0, 0.1) is 6.92 Å². The molecule has 1 aromatic carbocycles. The van der Waals surface area contributed by atoms with Gasteiger partial charge in [-0.1, -0.05) is 12.1 Å². The van der Waals surface area contributed by atoms with Crippen molar-refractivity contribution in [3.63, 3.8) is 0 Å². The number of hydrogen-bond donors (Lipinski definition) is 1. The van der Waals surface area contributed by atoms with Crippen molar-refractivity contribution in [2.75, 3.05) is 5.32 Å². The van der Waals surface area contributed by atoms with Crippen LogP contribution >= 0.6 is 15.9 Å². The fourth-order valence-corrected chi connectivity index (χ4v) is 2.69. The van der Waals surface area contributed by atoms with Crippen molar-refractivity contribution < 1.29 is 4.79 Å². The third kappa shape index (κ3) is 4.32. The number of hydrogen-bond acceptors (Lipinski definition) is 3. The van der Waals surface area contributed by atoms with E-state index >= 15 is 0 Å². The molecule has 0 spiro atoms. The van der Waals surface area contributed by atoms with E-state index in [4.69, 9.17) is 0 Å². The number of aryl methyl sites for hydroxylation is 2. The van der Waals surface area contributed by atoms with Gasteiger partial charge < -0.3 is 5.32 Å². The minimum atomic E-state index is -0.0319. The van der Waals surface area contributed by atoms with Crippen LogP contribution in [0.2, 0.25) is 0 Å². The molecular weight excluding hydrogens is 370 g/mol. The number of amides is 1. The van der Waals surface area contributed by atoms with Crippen LogP contribution in [0.3, 0.4) is 0 Å². The molecule has 0 bridgehead atoms. The summed E-state index contributed by atoms with van der Waals surface area (Å²) in [6.45, 7) is 3.15. The molecule has 1 N–H and O–H groups in total. The summed E-state index contributed by atoms with van der Waals surface area (Å²) in [6, 6.07) is 9.69. The Kier molecular flexibility index (Phi) is 5.10. The van der Waals surface area contributed by atoms with E-state index in [9.17, 15) is 4.79 Å². The van der Waals surface area contributed by atoms with Gasteiger partial charge in [-0.15, -0.1) is 0 Å². The number of rotatable bonds is 6. The first-order chi connectivity index (χ1) is 11.6. The van der Waals surface area contributed by atoms with E-state index in [0.717, 1.165) is 21.4 Å². The first-order valence-corrected chi connectivity index (χ1v) is 8.45. The zero-order valence-corrected chi connectivity index (χ0v) is 14.9. The van der Waals surface area contributed by atoms with Gasteiger partial charge in [-0.25, -0.2) is 0 Å². The number of nitrogens with zero attached hydrogens (tertiary/aromatic N) is 4. The van der Waals surface area contributed by atoms with Crippen molar-refractivity contribution in [3.05, 3.63) is 64.7 Å². The Bertz CT molecular complexity index is 806. The molecule has 3 rings (SSSR count). The SMILES string of the molecule is Cc1nn(CCC(=O)Nc2cccc(Cn3cccn3)c2)cc1Br. The molecule has 0 aliphatic heterocycles. The summed E-state index contributed by atoms with van der Waals surface area (Å²) in [6.07, 6.45) is 5.92. The van der Waals surface area contributed by atoms with Crippen molar-refractivity contribution in [3.8, 4) is 0 Å². The second-order valence-corrected chi connectivity index (χ2v) is 6.38. The summed E-state index contributed by atoms with van der Waals surface area (Å²) in [4.78, 5) is 12.1. The van der Waals surface area contributed by atoms with Crippen molar-refractivity contribution in [2.24, 2.45) is 0 Å². The maximum atomic E-state index is 12.1. The predicted molar refractivity (Wildman–Crippen MR) is 95.7 cm³/mol. The number of carbonyl (C=O) groups excluding carboxylic acids is 1. The molecule has 0 saturated carbocycles. The lowest BCUT2D eigenvalue weighted by Crippen LogP contribution is -2.15. The van der Waals surface area contributed by atoms with Crippen LogP contribution in [0.15, 0.2) is 53.4 Å². The smallest absolute Gasteiger partial charge is 0.226 e. The van der Waals surface area contributed by atoms with Crippen molar-refractivity contribution in [1.82, 2.24) is 19.6 Å². The van der Waals surface area contributed by atoms with Gasteiger partial charge in [-0.05, 0) is 46.6 Å². The van der Waals surface area contributed by atoms with Crippen LogP contribution in [-0.2, 0) is 17.9 Å². The highest BCUT2D eigenvalue weighted by Crippen LogP contribution is 2.14. The molecule has 0 atom stereocenters. The van der Waals surface area contributed by atoms with Crippen LogP contribution < -0.4 is 5.32 Å². The molecular formula is C17H18BrN5O. The summed E-state index contributed by atoms with van der Waals surface area (Å²) in [5.41, 5.74) is 2.80. The van der Waals surface area contributed by atoms with E-state index < -0.39 is 0 Å². The molecule has 0 fully saturated rings. The average molecular weight is 388 g/mol. The van der Waals surface area contributed by atoms with Crippen LogP contribution in [0.5, 0.6) is 0 Å². The maximum Gasteiger partial charge on any atom is 0.226 e. The quantitative estimate of drug-likeness (QED) is 0.705. The first kappa shape index (κ1) is 16.4. The number of carbonyl (C=O) groups is 1. The minimum Gasteiger partial charge on any atom is -0.326 e. The summed E-state index contributed by atoms with van der Waals surface area (Å²) in [7, 11) is 0. The second kappa shape index (κ2) is 7.44. The van der Waals surface area contributed by atoms with Gasteiger partial charge in [-0.3, -0.25) is 14.2 Å². The largest absolute Gasteiger partial charge is 0.326 e. The number of halogens is 1. The van der Waals surface area contributed by atoms with Crippen LogP contribution in [0.1, 0.15) is 17.7 Å². The summed E-state index contributed by atoms with van der Waals surface area (Å²) < 4.78 is 4.57. The molecule has 3 aromatic rings. The first-order valence-electron chi connectivity index (χ1n) is 7.66. The van der Waals surface area contributed by atoms with Crippen molar-refractivity contribution in [1.29, 1.82) is 0 Å². The summed E-state index contributed by atoms with van der Waals surface area (Å²) >= 11 is 3.42. The molecule has 0 aliphatic carbocycles. The number of nitrogens with one attached hydrogen (secondary N) is 1. The molecule has 24 heavy (non-hydrogen) atoms. The highest BCUT2D eigenvalue weighted by atomic mass is 79.9. The molecule has 1 amide bonds. The topological polar surface area (TPSA) is 64.7 Å². The summed E-state index contributed by atoms with van der Waals surface area (Å²) in [5.74, 6) is -0.0319. The van der Waals surface area contributed by atoms with E-state index in [2.05, 4.69) is 31.4 Å². The zero-order chi connectivity index (χ0) is 16.9. The van der Waals surface area contributed by atoms with Gasteiger partial charge in [0.15, 0.2) is 0 Å². The lowest BCUT2D eigenvalue weighted by atomic mass is 10.2. The van der Waals surface area contributed by atoms with Crippen LogP contribution in [-0.4, -0.2) is 25.5 Å². The second-order valence-electron chi connectivity index (χ2n) is 5.53. The standard InChI is InChI=1S/C17H18BrN5O/c1-13-16(18)12-23(21-13)9-6-17(24)20-15-5-2-4-14(10-15)11-22-8-3-7-19-22/h2-5,7-8,10,12H,6,9,11H2,1H3,(H,20,24). The van der Waals surface area contributed by atoms with E-state index in [-0.39, 0.29) is 5.91 Å². The van der Waals surface area contributed by atoms with Gasteiger partial charge in [0.05, 0.1) is 16.7 Å². The monoisotopic (exact) mass is 387 g/mol. The molecule has 6 nitrogen and oxygen atoms in total. The molecule has 2 aromatic heterocycles. The fraction of sp³-hybridized carbons (Fsp3) is 0.235. The predicted octanol–water partition coefficient (Wildman–Crippen LogP) is 3.23. The Morgan fingerprint density at radius 2 is 2.17 bits per heavy atom. The Morgan fingerprint density at radius 3 is 2.88 bits per heavy atom. The van der Waals surface area contributed by atoms with Crippen molar-refractivity contribution in [2.45, 2.75) is 26.4 Å². The van der Waals surface area contributed by atoms with Crippen molar-refractivity contribution >= 4 is 27.5 Å². The number of aromatic nitrogens is 4. The third-order valence-electron chi connectivity index (χ3n) is 3.57. The van der Waals surface area contributed by atoms with Gasteiger partial charge in [0, 0.05) is 37.2 Å². The van der Waals surface area contributed by atoms with E-state index in [0.29, 0.717) is 19.5 Å². The number of anilines is 1. The molecule has 7 heteroatoms. The van der Waals surface area contributed by atoms with Gasteiger partial charge in [-0.2, -0.15) is 10.2 Å². The lowest BCUT2D eigenvalue weighted by Gasteiger charge is -2.08. The van der Waals surface area contributed by atoms with Gasteiger partial charge in [0.2, 0.25) is 5.91 Å². The lowest BCUT2D eigenvalue weighted by molar-refractivity contribution is -0.116. The average Bonchev–Trinajstić information content (AvgIpc) is 3.16. The number of benzene rings is 1. The third-order valence-corrected chi connectivity index (χ3v) is 4.35. The Hall–Kier alpha value is -2.41. The van der Waals surface area contributed by atoms with E-state index in [1.165, 1.54) is 0 Å². The van der Waals surface area contributed by atoms with Crippen LogP contribution in [0.25, 0.3) is 0 Å². The molecule has 0 saturated heterocycles. The zero-order valence-electron chi connectivity index (χ0n) is 13.3.